The molecule has 124 valence electrons. The molecule has 1 aliphatic heterocycles. The summed E-state index contributed by atoms with van der Waals surface area (Å²) < 4.78 is 34.1. The standard InChI is InChI=1S/C15H19N3O4S/c1-11-9-16-15(19)18(11)14-7-3-2-6-13(14)17-23(20,21)10-12-5-4-8-22-12/h2-3,6-7,9,12,17H,4-5,8,10H2,1H3,(H,16,19)/t12-/m0/s1. The van der Waals surface area contributed by atoms with Crippen LogP contribution in [0.4, 0.5) is 5.69 Å². The van der Waals surface area contributed by atoms with Gasteiger partial charge in [-0.1, -0.05) is 12.1 Å². The van der Waals surface area contributed by atoms with Gasteiger partial charge in [0.05, 0.1) is 23.2 Å². The molecule has 1 aromatic heterocycles. The van der Waals surface area contributed by atoms with Crippen LogP contribution in [0.15, 0.2) is 35.3 Å². The molecule has 0 unspecified atom stereocenters. The number of nitrogens with zero attached hydrogens (tertiary/aromatic N) is 1. The van der Waals surface area contributed by atoms with Crippen molar-refractivity contribution in [1.29, 1.82) is 0 Å². The van der Waals surface area contributed by atoms with Gasteiger partial charge in [0.15, 0.2) is 0 Å². The maximum absolute atomic E-state index is 12.4. The van der Waals surface area contributed by atoms with Gasteiger partial charge in [-0.3, -0.25) is 9.29 Å². The first-order valence-corrected chi connectivity index (χ1v) is 9.10. The smallest absolute Gasteiger partial charge is 0.330 e. The van der Waals surface area contributed by atoms with Gasteiger partial charge in [0.2, 0.25) is 10.0 Å². The number of rotatable bonds is 5. The fourth-order valence-electron chi connectivity index (χ4n) is 2.74. The van der Waals surface area contributed by atoms with Crippen LogP contribution >= 0.6 is 0 Å². The largest absolute Gasteiger partial charge is 0.377 e. The number of hydrogen-bond donors (Lipinski definition) is 2. The monoisotopic (exact) mass is 337 g/mol. The second-order valence-corrected chi connectivity index (χ2v) is 7.37. The molecule has 0 spiro atoms. The SMILES string of the molecule is Cc1c[nH]c(=O)n1-c1ccccc1NS(=O)(=O)C[C@@H]1CCCO1. The molecular formula is C15H19N3O4S. The van der Waals surface area contributed by atoms with Crippen molar-refractivity contribution in [1.82, 2.24) is 9.55 Å². The predicted molar refractivity (Wildman–Crippen MR) is 87.5 cm³/mol. The zero-order chi connectivity index (χ0) is 16.4. The Balaban J connectivity index is 1.90. The molecule has 8 heteroatoms. The molecule has 23 heavy (non-hydrogen) atoms. The minimum atomic E-state index is -3.56. The fraction of sp³-hybridized carbons (Fsp3) is 0.400. The third-order valence-electron chi connectivity index (χ3n) is 3.80. The zero-order valence-electron chi connectivity index (χ0n) is 12.8. The Bertz CT molecular complexity index is 848. The first kappa shape index (κ1) is 15.8. The van der Waals surface area contributed by atoms with Crippen LogP contribution in [0.5, 0.6) is 0 Å². The van der Waals surface area contributed by atoms with Crippen LogP contribution in [0.25, 0.3) is 5.69 Å². The summed E-state index contributed by atoms with van der Waals surface area (Å²) in [5, 5.41) is 0. The number of anilines is 1. The topological polar surface area (TPSA) is 93.2 Å². The normalized spacial score (nSPS) is 18.2. The molecule has 0 bridgehead atoms. The lowest BCUT2D eigenvalue weighted by Crippen LogP contribution is -2.27. The molecule has 0 radical (unpaired) electrons. The Morgan fingerprint density at radius 1 is 1.39 bits per heavy atom. The first-order chi connectivity index (χ1) is 11.0. The lowest BCUT2D eigenvalue weighted by molar-refractivity contribution is 0.127. The predicted octanol–water partition coefficient (Wildman–Crippen LogP) is 1.39. The van der Waals surface area contributed by atoms with Crippen LogP contribution in [0.3, 0.4) is 0 Å². The number of benzene rings is 1. The summed E-state index contributed by atoms with van der Waals surface area (Å²) in [5.41, 5.74) is 1.25. The second-order valence-electron chi connectivity index (χ2n) is 5.61. The molecule has 7 nitrogen and oxygen atoms in total. The van der Waals surface area contributed by atoms with Crippen molar-refractivity contribution in [3.8, 4) is 5.69 Å². The van der Waals surface area contributed by atoms with E-state index in [0.29, 0.717) is 23.7 Å². The lowest BCUT2D eigenvalue weighted by atomic mass is 10.2. The van der Waals surface area contributed by atoms with Crippen LogP contribution in [0.2, 0.25) is 0 Å². The molecule has 1 atom stereocenters. The highest BCUT2D eigenvalue weighted by atomic mass is 32.2. The molecule has 2 heterocycles. The maximum Gasteiger partial charge on any atom is 0.330 e. The summed E-state index contributed by atoms with van der Waals surface area (Å²) in [4.78, 5) is 14.5. The van der Waals surface area contributed by atoms with Crippen LogP contribution in [-0.4, -0.2) is 36.4 Å². The molecule has 3 rings (SSSR count). The number of sulfonamides is 1. The molecule has 0 aliphatic carbocycles. The van der Waals surface area contributed by atoms with Crippen molar-refractivity contribution < 1.29 is 13.2 Å². The maximum atomic E-state index is 12.4. The fourth-order valence-corrected chi connectivity index (χ4v) is 4.08. The van der Waals surface area contributed by atoms with Gasteiger partial charge < -0.3 is 9.72 Å². The van der Waals surface area contributed by atoms with E-state index in [2.05, 4.69) is 9.71 Å². The quantitative estimate of drug-likeness (QED) is 0.862. The Morgan fingerprint density at radius 2 is 2.17 bits per heavy atom. The van der Waals surface area contributed by atoms with Crippen molar-refractivity contribution in [3.63, 3.8) is 0 Å². The van der Waals surface area contributed by atoms with E-state index in [-0.39, 0.29) is 17.5 Å². The molecular weight excluding hydrogens is 318 g/mol. The summed E-state index contributed by atoms with van der Waals surface area (Å²) in [5.74, 6) is -0.0810. The van der Waals surface area contributed by atoms with Gasteiger partial charge in [-0.05, 0) is 31.9 Å². The van der Waals surface area contributed by atoms with Crippen LogP contribution in [-0.2, 0) is 14.8 Å². The highest BCUT2D eigenvalue weighted by molar-refractivity contribution is 7.92. The highest BCUT2D eigenvalue weighted by Gasteiger charge is 2.24. The van der Waals surface area contributed by atoms with E-state index in [0.717, 1.165) is 12.8 Å². The average Bonchev–Trinajstić information content (AvgIpc) is 3.09. The summed E-state index contributed by atoms with van der Waals surface area (Å²) in [7, 11) is -3.56. The average molecular weight is 337 g/mol. The molecule has 2 aromatic rings. The minimum Gasteiger partial charge on any atom is -0.377 e. The molecule has 1 aliphatic rings. The molecule has 0 saturated carbocycles. The van der Waals surface area contributed by atoms with E-state index < -0.39 is 10.0 Å². The van der Waals surface area contributed by atoms with Crippen molar-refractivity contribution in [2.24, 2.45) is 0 Å². The van der Waals surface area contributed by atoms with Crippen LogP contribution < -0.4 is 10.4 Å². The van der Waals surface area contributed by atoms with Crippen LogP contribution in [0.1, 0.15) is 18.5 Å². The Hall–Kier alpha value is -2.06. The van der Waals surface area contributed by atoms with Crippen LogP contribution in [0, 0.1) is 6.92 Å². The van der Waals surface area contributed by atoms with Crippen molar-refractivity contribution in [2.75, 3.05) is 17.1 Å². The number of aryl methyl sites for hydroxylation is 1. The number of aromatic amines is 1. The van der Waals surface area contributed by atoms with E-state index >= 15 is 0 Å². The third kappa shape index (κ3) is 3.48. The van der Waals surface area contributed by atoms with E-state index in [9.17, 15) is 13.2 Å². The highest BCUT2D eigenvalue weighted by Crippen LogP contribution is 2.22. The van der Waals surface area contributed by atoms with Gasteiger partial charge in [-0.25, -0.2) is 13.2 Å². The van der Waals surface area contributed by atoms with Gasteiger partial charge in [0, 0.05) is 18.5 Å². The molecule has 1 saturated heterocycles. The number of aromatic nitrogens is 2. The van der Waals surface area contributed by atoms with Gasteiger partial charge in [-0.2, -0.15) is 0 Å². The van der Waals surface area contributed by atoms with E-state index in [1.165, 1.54) is 4.57 Å². The second kappa shape index (κ2) is 6.21. The Morgan fingerprint density at radius 3 is 2.83 bits per heavy atom. The van der Waals surface area contributed by atoms with Gasteiger partial charge in [0.25, 0.3) is 0 Å². The number of para-hydroxylation sites is 2. The summed E-state index contributed by atoms with van der Waals surface area (Å²) in [6.07, 6.45) is 2.95. The van der Waals surface area contributed by atoms with Crippen molar-refractivity contribution in [2.45, 2.75) is 25.9 Å². The summed E-state index contributed by atoms with van der Waals surface area (Å²) in [6.45, 7) is 2.38. The summed E-state index contributed by atoms with van der Waals surface area (Å²) in [6, 6.07) is 6.82. The zero-order valence-corrected chi connectivity index (χ0v) is 13.6. The van der Waals surface area contributed by atoms with Gasteiger partial charge in [-0.15, -0.1) is 0 Å². The first-order valence-electron chi connectivity index (χ1n) is 7.45. The molecule has 1 fully saturated rings. The third-order valence-corrected chi connectivity index (χ3v) is 5.14. The van der Waals surface area contributed by atoms with Crippen molar-refractivity contribution in [3.05, 3.63) is 46.6 Å². The Labute approximate surface area is 134 Å². The molecule has 0 amide bonds. The van der Waals surface area contributed by atoms with E-state index in [4.69, 9.17) is 4.74 Å². The summed E-state index contributed by atoms with van der Waals surface area (Å²) >= 11 is 0. The number of nitrogens with one attached hydrogen (secondary N) is 2. The lowest BCUT2D eigenvalue weighted by Gasteiger charge is -2.15. The van der Waals surface area contributed by atoms with Gasteiger partial charge >= 0.3 is 5.69 Å². The number of hydrogen-bond acceptors (Lipinski definition) is 4. The van der Waals surface area contributed by atoms with E-state index in [1.54, 1.807) is 37.4 Å². The number of ether oxygens (including phenoxy) is 1. The minimum absolute atomic E-state index is 0.0810. The van der Waals surface area contributed by atoms with Crippen molar-refractivity contribution >= 4 is 15.7 Å². The van der Waals surface area contributed by atoms with E-state index in [1.807, 2.05) is 0 Å². The number of H-pyrrole nitrogens is 1. The van der Waals surface area contributed by atoms with Gasteiger partial charge in [0.1, 0.15) is 0 Å². The number of imidazole rings is 1. The molecule has 1 aromatic carbocycles. The molecule has 2 N–H and O–H groups in total. The Kier molecular flexibility index (Phi) is 4.27.